The van der Waals surface area contributed by atoms with Crippen LogP contribution in [0.3, 0.4) is 0 Å². The maximum atomic E-state index is 11.9. The zero-order valence-electron chi connectivity index (χ0n) is 15.4. The molecule has 1 heterocycles. The Hall–Kier alpha value is -2.92. The third kappa shape index (κ3) is 4.83. The van der Waals surface area contributed by atoms with Crippen LogP contribution in [0.5, 0.6) is 5.75 Å². The number of benzene rings is 2. The number of nitrogens with zero attached hydrogens (tertiary/aromatic N) is 2. The molecule has 0 spiro atoms. The first-order chi connectivity index (χ1) is 12.9. The van der Waals surface area contributed by atoms with E-state index in [1.54, 1.807) is 0 Å². The molecule has 0 aliphatic rings. The normalized spacial score (nSPS) is 11.1. The predicted octanol–water partition coefficient (Wildman–Crippen LogP) is 4.34. The second kappa shape index (κ2) is 8.18. The van der Waals surface area contributed by atoms with Crippen LogP contribution in [0, 0.1) is 20.8 Å². The van der Waals surface area contributed by atoms with Crippen LogP contribution in [0.4, 0.5) is 0 Å². The molecule has 6 heteroatoms. The number of hydrazone groups is 1. The van der Waals surface area contributed by atoms with Gasteiger partial charge in [0.1, 0.15) is 10.9 Å². The van der Waals surface area contributed by atoms with E-state index in [0.717, 1.165) is 27.6 Å². The van der Waals surface area contributed by atoms with Gasteiger partial charge in [0.25, 0.3) is 5.91 Å². The third-order valence-electron chi connectivity index (χ3n) is 4.05. The number of carbonyl (C=O) groups is 1. The van der Waals surface area contributed by atoms with Crippen LogP contribution in [0.15, 0.2) is 47.6 Å². The van der Waals surface area contributed by atoms with E-state index in [1.165, 1.54) is 6.21 Å². The Morgan fingerprint density at radius 3 is 2.70 bits per heavy atom. The van der Waals surface area contributed by atoms with Crippen molar-refractivity contribution >= 4 is 34.6 Å². The standard InChI is InChI=1S/C21H20ClN3O2/c1-13-5-7-16-10-17(21(22)24-18(16)8-13)11-23-25-20(26)12-27-19-9-14(2)4-6-15(19)3/h4-11H,12H2,1-3H3,(H,25,26)/b23-11-. The number of rotatable bonds is 5. The first kappa shape index (κ1) is 18.9. The van der Waals surface area contributed by atoms with Gasteiger partial charge in [-0.05, 0) is 55.7 Å². The van der Waals surface area contributed by atoms with Crippen molar-refractivity contribution in [2.75, 3.05) is 6.61 Å². The van der Waals surface area contributed by atoms with Gasteiger partial charge in [0.05, 0.1) is 11.7 Å². The highest BCUT2D eigenvalue weighted by Gasteiger charge is 2.06. The van der Waals surface area contributed by atoms with Gasteiger partial charge < -0.3 is 4.74 Å². The largest absolute Gasteiger partial charge is 0.483 e. The lowest BCUT2D eigenvalue weighted by Crippen LogP contribution is -2.24. The number of carbonyl (C=O) groups excluding carboxylic acids is 1. The van der Waals surface area contributed by atoms with Gasteiger partial charge >= 0.3 is 0 Å². The van der Waals surface area contributed by atoms with Gasteiger partial charge in [-0.25, -0.2) is 10.4 Å². The molecule has 2 aromatic carbocycles. The summed E-state index contributed by atoms with van der Waals surface area (Å²) in [6, 6.07) is 13.7. The van der Waals surface area contributed by atoms with E-state index in [0.29, 0.717) is 16.5 Å². The molecule has 0 bridgehead atoms. The first-order valence-corrected chi connectivity index (χ1v) is 8.89. The summed E-state index contributed by atoms with van der Waals surface area (Å²) in [5, 5.41) is 5.24. The molecule has 1 amide bonds. The van der Waals surface area contributed by atoms with Gasteiger partial charge in [-0.15, -0.1) is 0 Å². The molecule has 0 fully saturated rings. The van der Waals surface area contributed by atoms with Crippen molar-refractivity contribution in [3.8, 4) is 5.75 Å². The molecule has 5 nitrogen and oxygen atoms in total. The smallest absolute Gasteiger partial charge is 0.277 e. The van der Waals surface area contributed by atoms with Crippen molar-refractivity contribution in [3.05, 3.63) is 69.9 Å². The number of amides is 1. The Bertz CT molecular complexity index is 1030. The summed E-state index contributed by atoms with van der Waals surface area (Å²) < 4.78 is 5.55. The molecule has 0 saturated carbocycles. The number of ether oxygens (including phenoxy) is 1. The Labute approximate surface area is 163 Å². The van der Waals surface area contributed by atoms with Crippen LogP contribution >= 0.6 is 11.6 Å². The second-order valence-electron chi connectivity index (χ2n) is 6.42. The fourth-order valence-corrected chi connectivity index (χ4v) is 2.77. The highest BCUT2D eigenvalue weighted by molar-refractivity contribution is 6.32. The highest BCUT2D eigenvalue weighted by Crippen LogP contribution is 2.20. The molecule has 3 rings (SSSR count). The van der Waals surface area contributed by atoms with Crippen LogP contribution in [0.25, 0.3) is 10.9 Å². The Morgan fingerprint density at radius 2 is 1.89 bits per heavy atom. The van der Waals surface area contributed by atoms with Crippen molar-refractivity contribution < 1.29 is 9.53 Å². The fourth-order valence-electron chi connectivity index (χ4n) is 2.57. The number of hydrogen-bond acceptors (Lipinski definition) is 4. The minimum absolute atomic E-state index is 0.120. The topological polar surface area (TPSA) is 63.6 Å². The van der Waals surface area contributed by atoms with Crippen molar-refractivity contribution in [2.45, 2.75) is 20.8 Å². The number of aryl methyl sites for hydroxylation is 3. The molecule has 0 saturated heterocycles. The zero-order valence-corrected chi connectivity index (χ0v) is 16.2. The molecule has 3 aromatic rings. The van der Waals surface area contributed by atoms with E-state index in [2.05, 4.69) is 15.5 Å². The monoisotopic (exact) mass is 381 g/mol. The van der Waals surface area contributed by atoms with Crippen molar-refractivity contribution in [1.29, 1.82) is 0 Å². The maximum absolute atomic E-state index is 11.9. The molecule has 0 unspecified atom stereocenters. The average molecular weight is 382 g/mol. The van der Waals surface area contributed by atoms with Gasteiger partial charge in [-0.3, -0.25) is 4.79 Å². The highest BCUT2D eigenvalue weighted by atomic mass is 35.5. The first-order valence-electron chi connectivity index (χ1n) is 8.51. The van der Waals surface area contributed by atoms with Crippen molar-refractivity contribution in [3.63, 3.8) is 0 Å². The Morgan fingerprint density at radius 1 is 1.15 bits per heavy atom. The van der Waals surface area contributed by atoms with Gasteiger partial charge in [0, 0.05) is 10.9 Å². The summed E-state index contributed by atoms with van der Waals surface area (Å²) in [6.07, 6.45) is 1.48. The van der Waals surface area contributed by atoms with E-state index < -0.39 is 0 Å². The summed E-state index contributed by atoms with van der Waals surface area (Å²) >= 11 is 6.20. The lowest BCUT2D eigenvalue weighted by molar-refractivity contribution is -0.123. The molecule has 1 N–H and O–H groups in total. The van der Waals surface area contributed by atoms with Crippen molar-refractivity contribution in [1.82, 2.24) is 10.4 Å². The van der Waals surface area contributed by atoms with Crippen LogP contribution in [0.1, 0.15) is 22.3 Å². The molecule has 0 aliphatic carbocycles. The Kier molecular flexibility index (Phi) is 5.72. The molecule has 0 aliphatic heterocycles. The van der Waals surface area contributed by atoms with Gasteiger partial charge in [0.2, 0.25) is 0 Å². The number of pyridine rings is 1. The van der Waals surface area contributed by atoms with Crippen LogP contribution in [-0.2, 0) is 4.79 Å². The lowest BCUT2D eigenvalue weighted by atomic mass is 10.1. The van der Waals surface area contributed by atoms with E-state index in [4.69, 9.17) is 16.3 Å². The van der Waals surface area contributed by atoms with E-state index in [9.17, 15) is 4.79 Å². The number of fused-ring (bicyclic) bond motifs is 1. The Balaban J connectivity index is 1.62. The molecule has 27 heavy (non-hydrogen) atoms. The van der Waals surface area contributed by atoms with Crippen LogP contribution in [0.2, 0.25) is 5.15 Å². The summed E-state index contributed by atoms with van der Waals surface area (Å²) in [7, 11) is 0. The number of hydrogen-bond donors (Lipinski definition) is 1. The summed E-state index contributed by atoms with van der Waals surface area (Å²) in [5.41, 5.74) is 7.05. The number of nitrogens with one attached hydrogen (secondary N) is 1. The van der Waals surface area contributed by atoms with E-state index >= 15 is 0 Å². The quantitative estimate of drug-likeness (QED) is 0.406. The predicted molar refractivity (Wildman–Crippen MR) is 109 cm³/mol. The fraction of sp³-hybridized carbons (Fsp3) is 0.190. The van der Waals surface area contributed by atoms with Crippen molar-refractivity contribution in [2.24, 2.45) is 5.10 Å². The molecule has 0 radical (unpaired) electrons. The van der Waals surface area contributed by atoms with Gasteiger partial charge in [0.15, 0.2) is 6.61 Å². The minimum Gasteiger partial charge on any atom is -0.483 e. The minimum atomic E-state index is -0.354. The van der Waals surface area contributed by atoms with Gasteiger partial charge in [-0.1, -0.05) is 35.9 Å². The molecular formula is C21H20ClN3O2. The molecule has 0 atom stereocenters. The molecule has 138 valence electrons. The molecule has 1 aromatic heterocycles. The van der Waals surface area contributed by atoms with Crippen LogP contribution < -0.4 is 10.2 Å². The molecular weight excluding hydrogens is 362 g/mol. The van der Waals surface area contributed by atoms with Crippen LogP contribution in [-0.4, -0.2) is 23.7 Å². The number of halogens is 1. The SMILES string of the molecule is Cc1ccc(C)c(OCC(=O)N/N=C\c2cc3ccc(C)cc3nc2Cl)c1. The second-order valence-corrected chi connectivity index (χ2v) is 6.77. The van der Waals surface area contributed by atoms with Gasteiger partial charge in [-0.2, -0.15) is 5.10 Å². The average Bonchev–Trinajstić information content (AvgIpc) is 2.63. The van der Waals surface area contributed by atoms with E-state index in [-0.39, 0.29) is 12.5 Å². The zero-order chi connectivity index (χ0) is 19.4. The maximum Gasteiger partial charge on any atom is 0.277 e. The summed E-state index contributed by atoms with van der Waals surface area (Å²) in [4.78, 5) is 16.3. The summed E-state index contributed by atoms with van der Waals surface area (Å²) in [6.45, 7) is 5.78. The third-order valence-corrected chi connectivity index (χ3v) is 4.35. The summed E-state index contributed by atoms with van der Waals surface area (Å²) in [5.74, 6) is 0.332. The number of aromatic nitrogens is 1. The lowest BCUT2D eigenvalue weighted by Gasteiger charge is -2.08. The van der Waals surface area contributed by atoms with E-state index in [1.807, 2.05) is 63.2 Å².